The number of ether oxygens (including phenoxy) is 1. The maximum absolute atomic E-state index is 14.4. The number of sulfonamides is 1. The molecule has 23 heteroatoms. The summed E-state index contributed by atoms with van der Waals surface area (Å²) in [5, 5.41) is 15.2. The van der Waals surface area contributed by atoms with Gasteiger partial charge in [0, 0.05) is 32.5 Å². The largest absolute Gasteiger partial charge is 0.471 e. The van der Waals surface area contributed by atoms with Crippen molar-refractivity contribution < 1.29 is 58.6 Å². The van der Waals surface area contributed by atoms with E-state index in [1.54, 1.807) is 0 Å². The minimum Gasteiger partial charge on any atom is -0.471 e. The molecule has 14 nitrogen and oxygen atoms in total. The Bertz CT molecular complexity index is 2460. The topological polar surface area (TPSA) is 179 Å². The molecule has 282 valence electrons. The first-order chi connectivity index (χ1) is 24.5. The van der Waals surface area contributed by atoms with Crippen molar-refractivity contribution in [2.24, 2.45) is 7.05 Å². The van der Waals surface area contributed by atoms with Crippen molar-refractivity contribution in [3.8, 4) is 11.6 Å². The fraction of sp³-hybridized carbons (Fsp3) is 0.267. The van der Waals surface area contributed by atoms with Crippen LogP contribution in [-0.2, 0) is 28.3 Å². The number of nitrogens with zero attached hydrogens (tertiary/aromatic N) is 6. The van der Waals surface area contributed by atoms with Gasteiger partial charge >= 0.3 is 18.2 Å². The second-order valence-corrected chi connectivity index (χ2v) is 13.6. The summed E-state index contributed by atoms with van der Waals surface area (Å²) in [4.78, 5) is 47.0. The van der Waals surface area contributed by atoms with Gasteiger partial charge in [0.05, 0.1) is 39.3 Å². The number of carbonyl (C=O) groups is 2. The van der Waals surface area contributed by atoms with E-state index in [1.807, 2.05) is 0 Å². The zero-order valence-corrected chi connectivity index (χ0v) is 28.6. The molecule has 3 aromatic heterocycles. The molecule has 1 atom stereocenters. The quantitative estimate of drug-likeness (QED) is 0.182. The lowest BCUT2D eigenvalue weighted by molar-refractivity contribution is -0.290. The fourth-order valence-electron chi connectivity index (χ4n) is 5.38. The van der Waals surface area contributed by atoms with Gasteiger partial charge in [-0.15, -0.1) is 0 Å². The van der Waals surface area contributed by atoms with Crippen LogP contribution in [-0.4, -0.2) is 74.8 Å². The van der Waals surface area contributed by atoms with Gasteiger partial charge in [0.1, 0.15) is 17.5 Å². The van der Waals surface area contributed by atoms with Crippen LogP contribution in [0.5, 0.6) is 5.88 Å². The van der Waals surface area contributed by atoms with E-state index in [9.17, 15) is 58.6 Å². The van der Waals surface area contributed by atoms with Gasteiger partial charge in [0.15, 0.2) is 18.1 Å². The summed E-state index contributed by atoms with van der Waals surface area (Å²) in [6, 6.07) is 4.65. The van der Waals surface area contributed by atoms with E-state index in [0.29, 0.717) is 10.4 Å². The Balaban J connectivity index is 1.84. The van der Waals surface area contributed by atoms with Gasteiger partial charge in [-0.1, -0.05) is 11.6 Å². The molecule has 5 rings (SSSR count). The van der Waals surface area contributed by atoms with Crippen LogP contribution in [0.25, 0.3) is 27.6 Å². The van der Waals surface area contributed by atoms with Crippen molar-refractivity contribution in [3.05, 3.63) is 80.9 Å². The molecule has 2 N–H and O–H groups in total. The lowest BCUT2D eigenvalue weighted by Crippen LogP contribution is -2.41. The third-order valence-electron chi connectivity index (χ3n) is 7.47. The number of hydrogen-bond donors (Lipinski definition) is 2. The number of carbonyl (C=O) groups excluding carboxylic acids is 1. The van der Waals surface area contributed by atoms with Crippen LogP contribution in [0.2, 0.25) is 5.02 Å². The number of alkyl halides is 5. The number of amides is 2. The van der Waals surface area contributed by atoms with E-state index >= 15 is 0 Å². The number of anilines is 1. The lowest BCUT2D eigenvalue weighted by Gasteiger charge is -2.23. The summed E-state index contributed by atoms with van der Waals surface area (Å²) >= 11 is 6.49. The fourth-order valence-corrected chi connectivity index (χ4v) is 6.53. The lowest BCUT2D eigenvalue weighted by atomic mass is 10.0. The molecule has 0 saturated heterocycles. The predicted molar refractivity (Wildman–Crippen MR) is 173 cm³/mol. The molecular formula is C30H23ClF7N7O7S. The average Bonchev–Trinajstić information content (AvgIpc) is 3.34. The smallest absolute Gasteiger partial charge is 0.456 e. The van der Waals surface area contributed by atoms with Crippen LogP contribution in [0.15, 0.2) is 47.3 Å². The molecule has 0 spiro atoms. The number of hydrogen-bond acceptors (Lipinski definition) is 9. The maximum Gasteiger partial charge on any atom is 0.456 e. The summed E-state index contributed by atoms with van der Waals surface area (Å²) in [5.74, 6) is -10.3. The molecule has 0 saturated carbocycles. The average molecular weight is 794 g/mol. The Hall–Kier alpha value is -5.51. The van der Waals surface area contributed by atoms with Gasteiger partial charge in [-0.3, -0.25) is 18.8 Å². The molecule has 0 fully saturated rings. The third kappa shape index (κ3) is 7.68. The van der Waals surface area contributed by atoms with Crippen LogP contribution in [0, 0.1) is 11.6 Å². The SMILES string of the molecule is CC(=O)N(c1nn(C)c2c(-n3c(C(Cc4cc(F)cc(F)c4)NC(=O)O)nc4nc(OCC(F)(F)C(F)(F)F)ccc4c3=O)ccc(Cl)c12)S(C)(=O)=O. The van der Waals surface area contributed by atoms with E-state index < -0.39 is 98.9 Å². The summed E-state index contributed by atoms with van der Waals surface area (Å²) in [7, 11) is -3.04. The highest BCUT2D eigenvalue weighted by atomic mass is 35.5. The molecule has 2 aromatic carbocycles. The van der Waals surface area contributed by atoms with Crippen molar-refractivity contribution in [1.82, 2.24) is 29.6 Å². The predicted octanol–water partition coefficient (Wildman–Crippen LogP) is 5.04. The normalized spacial score (nSPS) is 13.0. The van der Waals surface area contributed by atoms with E-state index in [1.165, 1.54) is 19.2 Å². The van der Waals surface area contributed by atoms with Crippen molar-refractivity contribution in [1.29, 1.82) is 0 Å². The molecule has 5 aromatic rings. The van der Waals surface area contributed by atoms with Gasteiger partial charge in [-0.2, -0.15) is 36.3 Å². The highest BCUT2D eigenvalue weighted by Crippen LogP contribution is 2.38. The van der Waals surface area contributed by atoms with Crippen molar-refractivity contribution in [2.75, 3.05) is 17.2 Å². The molecule has 0 radical (unpaired) electrons. The number of aryl methyl sites for hydroxylation is 1. The van der Waals surface area contributed by atoms with Crippen molar-refractivity contribution in [3.63, 3.8) is 0 Å². The van der Waals surface area contributed by atoms with Gasteiger partial charge < -0.3 is 15.2 Å². The minimum absolute atomic E-state index is 0.125. The van der Waals surface area contributed by atoms with Gasteiger partial charge in [-0.05, 0) is 35.9 Å². The number of halogens is 8. The molecular weight excluding hydrogens is 771 g/mol. The number of pyridine rings is 1. The second-order valence-electron chi connectivity index (χ2n) is 11.4. The monoisotopic (exact) mass is 793 g/mol. The Labute approximate surface area is 297 Å². The summed E-state index contributed by atoms with van der Waals surface area (Å²) in [5.41, 5.74) is -2.22. The number of nitrogens with one attached hydrogen (secondary N) is 1. The van der Waals surface area contributed by atoms with Crippen LogP contribution in [0.3, 0.4) is 0 Å². The molecule has 53 heavy (non-hydrogen) atoms. The number of rotatable bonds is 10. The van der Waals surface area contributed by atoms with E-state index in [4.69, 9.17) is 11.6 Å². The molecule has 1 unspecified atom stereocenters. The zero-order valence-electron chi connectivity index (χ0n) is 27.0. The molecule has 3 heterocycles. The highest BCUT2D eigenvalue weighted by Gasteiger charge is 2.58. The molecule has 0 aliphatic carbocycles. The molecule has 0 aliphatic rings. The Kier molecular flexibility index (Phi) is 10.1. The van der Waals surface area contributed by atoms with Crippen LogP contribution >= 0.6 is 11.6 Å². The first kappa shape index (κ1) is 38.7. The van der Waals surface area contributed by atoms with Crippen molar-refractivity contribution >= 4 is 61.4 Å². The van der Waals surface area contributed by atoms with Crippen LogP contribution in [0.4, 0.5) is 41.3 Å². The number of fused-ring (bicyclic) bond motifs is 2. The van der Waals surface area contributed by atoms with Gasteiger partial charge in [0.2, 0.25) is 21.8 Å². The second kappa shape index (κ2) is 13.8. The summed E-state index contributed by atoms with van der Waals surface area (Å²) in [6.07, 6.45) is -7.60. The zero-order chi connectivity index (χ0) is 39.4. The van der Waals surface area contributed by atoms with Crippen LogP contribution < -0.4 is 19.9 Å². The Morgan fingerprint density at radius 3 is 2.26 bits per heavy atom. The van der Waals surface area contributed by atoms with Crippen LogP contribution in [0.1, 0.15) is 24.4 Å². The highest BCUT2D eigenvalue weighted by molar-refractivity contribution is 7.92. The first-order valence-corrected chi connectivity index (χ1v) is 16.8. The minimum atomic E-state index is -5.98. The Morgan fingerprint density at radius 2 is 1.70 bits per heavy atom. The van der Waals surface area contributed by atoms with E-state index in [2.05, 4.69) is 25.1 Å². The van der Waals surface area contributed by atoms with E-state index in [0.717, 1.165) is 46.7 Å². The molecule has 0 bridgehead atoms. The van der Waals surface area contributed by atoms with Gasteiger partial charge in [-0.25, -0.2) is 27.0 Å². The number of benzene rings is 2. The van der Waals surface area contributed by atoms with Crippen molar-refractivity contribution in [2.45, 2.75) is 31.5 Å². The molecule has 2 amide bonds. The maximum atomic E-state index is 14.4. The summed E-state index contributed by atoms with van der Waals surface area (Å²) in [6.45, 7) is -1.27. The first-order valence-electron chi connectivity index (χ1n) is 14.6. The number of carboxylic acid groups (broad SMARTS) is 1. The number of aromatic nitrogens is 5. The molecule has 0 aliphatic heterocycles. The van der Waals surface area contributed by atoms with E-state index in [-0.39, 0.29) is 27.2 Å². The van der Waals surface area contributed by atoms with Gasteiger partial charge in [0.25, 0.3) is 5.56 Å². The third-order valence-corrected chi connectivity index (χ3v) is 8.88. The summed E-state index contributed by atoms with van der Waals surface area (Å²) < 4.78 is 126. The standard InChI is InChI=1S/C30H23ClF7N7O7S/c1-13(46)45(53(3,50)51)26-22-18(31)5-6-20(23(22)43(2)42-26)44-25(19(39-28(48)49)10-14-8-15(32)11-16(33)9-14)41-24-17(27(44)47)4-7-21(40-24)52-12-29(34,35)30(36,37)38/h4-9,11,19,39H,10,12H2,1-3H3,(H,48,49). The Morgan fingerprint density at radius 1 is 1.06 bits per heavy atom.